The number of anilines is 1. The van der Waals surface area contributed by atoms with Gasteiger partial charge in [0.15, 0.2) is 0 Å². The second-order valence-electron chi connectivity index (χ2n) is 5.98. The normalized spacial score (nSPS) is 13.8. The van der Waals surface area contributed by atoms with Crippen LogP contribution in [0.25, 0.3) is 0 Å². The third-order valence-corrected chi connectivity index (χ3v) is 4.31. The number of hydrogen-bond acceptors (Lipinski definition) is 1. The van der Waals surface area contributed by atoms with Crippen LogP contribution in [-0.2, 0) is 0 Å². The van der Waals surface area contributed by atoms with Crippen LogP contribution in [0.3, 0.4) is 0 Å². The number of para-hydroxylation sites is 2. The smallest absolute Gasteiger partial charge is 0.244 e. The van der Waals surface area contributed by atoms with Gasteiger partial charge in [-0.15, -0.1) is 0 Å². The summed E-state index contributed by atoms with van der Waals surface area (Å²) in [6.07, 6.45) is 2.27. The highest BCUT2D eigenvalue weighted by atomic mass is 35.5. The molecule has 0 spiro atoms. The first-order valence-corrected chi connectivity index (χ1v) is 7.58. The molecule has 0 aliphatic carbocycles. The van der Waals surface area contributed by atoms with E-state index in [-0.39, 0.29) is 12.4 Å². The number of nitrogens with zero attached hydrogens (tertiary/aromatic N) is 2. The van der Waals surface area contributed by atoms with Crippen LogP contribution in [0.15, 0.2) is 36.4 Å². The van der Waals surface area contributed by atoms with Gasteiger partial charge in [-0.25, -0.2) is 9.48 Å². The fraction of sp³-hybridized carbons (Fsp3) is 0.316. The van der Waals surface area contributed by atoms with E-state index in [1.165, 1.54) is 33.6 Å². The molecule has 3 rings (SSSR count). The number of aryl methyl sites for hydroxylation is 4. The van der Waals surface area contributed by atoms with E-state index in [0.29, 0.717) is 0 Å². The molecule has 0 bridgehead atoms. The van der Waals surface area contributed by atoms with Crippen molar-refractivity contribution in [1.29, 1.82) is 0 Å². The molecule has 0 saturated heterocycles. The molecule has 0 aromatic heterocycles. The molecule has 0 amide bonds. The van der Waals surface area contributed by atoms with Gasteiger partial charge in [0.1, 0.15) is 24.5 Å². The monoisotopic (exact) mass is 314 g/mol. The SMILES string of the molecule is Cc1cccc(C)c1N1C=[N+](c2c(C)cccc2C)CC1.[Cl-]. The van der Waals surface area contributed by atoms with E-state index in [1.807, 2.05) is 0 Å². The Kier molecular flexibility index (Phi) is 4.92. The van der Waals surface area contributed by atoms with Crippen LogP contribution in [-0.4, -0.2) is 24.0 Å². The maximum atomic E-state index is 2.39. The Labute approximate surface area is 139 Å². The van der Waals surface area contributed by atoms with Crippen molar-refractivity contribution in [3.63, 3.8) is 0 Å². The summed E-state index contributed by atoms with van der Waals surface area (Å²) in [7, 11) is 0. The Bertz CT molecular complexity index is 679. The number of hydrogen-bond donors (Lipinski definition) is 0. The van der Waals surface area contributed by atoms with Gasteiger partial charge in [0.2, 0.25) is 6.34 Å². The second kappa shape index (κ2) is 6.53. The molecule has 22 heavy (non-hydrogen) atoms. The highest BCUT2D eigenvalue weighted by Crippen LogP contribution is 2.28. The van der Waals surface area contributed by atoms with Crippen LogP contribution >= 0.6 is 0 Å². The third kappa shape index (κ3) is 2.89. The van der Waals surface area contributed by atoms with Crippen LogP contribution in [0.5, 0.6) is 0 Å². The molecule has 2 aromatic carbocycles. The van der Waals surface area contributed by atoms with E-state index in [1.54, 1.807) is 0 Å². The molecule has 0 N–H and O–H groups in total. The predicted molar refractivity (Wildman–Crippen MR) is 90.0 cm³/mol. The first kappa shape index (κ1) is 16.6. The molecular weight excluding hydrogens is 292 g/mol. The Morgan fingerprint density at radius 3 is 1.86 bits per heavy atom. The number of rotatable bonds is 2. The van der Waals surface area contributed by atoms with Gasteiger partial charge in [0.25, 0.3) is 0 Å². The van der Waals surface area contributed by atoms with E-state index in [0.717, 1.165) is 13.1 Å². The van der Waals surface area contributed by atoms with E-state index >= 15 is 0 Å². The van der Waals surface area contributed by atoms with Gasteiger partial charge in [-0.1, -0.05) is 36.4 Å². The molecule has 0 fully saturated rings. The van der Waals surface area contributed by atoms with Gasteiger partial charge < -0.3 is 12.4 Å². The average Bonchev–Trinajstić information content (AvgIpc) is 2.87. The first-order chi connectivity index (χ1) is 10.1. The number of halogens is 1. The van der Waals surface area contributed by atoms with E-state index in [9.17, 15) is 0 Å². The van der Waals surface area contributed by atoms with Crippen LogP contribution in [0.4, 0.5) is 11.4 Å². The minimum atomic E-state index is 0. The van der Waals surface area contributed by atoms with Crippen molar-refractivity contribution in [3.05, 3.63) is 58.7 Å². The lowest BCUT2D eigenvalue weighted by Crippen LogP contribution is -3.00. The highest BCUT2D eigenvalue weighted by Gasteiger charge is 2.26. The Balaban J connectivity index is 0.00000176. The highest BCUT2D eigenvalue weighted by molar-refractivity contribution is 5.81. The zero-order valence-electron chi connectivity index (χ0n) is 13.7. The summed E-state index contributed by atoms with van der Waals surface area (Å²) in [4.78, 5) is 2.39. The van der Waals surface area contributed by atoms with Gasteiger partial charge in [-0.05, 0) is 49.9 Å². The molecule has 116 valence electrons. The standard InChI is InChI=1S/C19H23N2.ClH/c1-14-7-5-8-15(2)18(14)20-11-12-21(13-20)19-16(3)9-6-10-17(19)4;/h5-10,13H,11-12H2,1-4H3;1H/q+1;/p-1. The topological polar surface area (TPSA) is 6.25 Å². The lowest BCUT2D eigenvalue weighted by atomic mass is 10.1. The lowest BCUT2D eigenvalue weighted by molar-refractivity contribution is -0.425. The summed E-state index contributed by atoms with van der Waals surface area (Å²) in [5.74, 6) is 0. The lowest BCUT2D eigenvalue weighted by Gasteiger charge is -2.12. The summed E-state index contributed by atoms with van der Waals surface area (Å²) in [6.45, 7) is 10.9. The number of benzene rings is 2. The van der Waals surface area contributed by atoms with Crippen LogP contribution in [0.1, 0.15) is 22.3 Å². The molecule has 2 nitrogen and oxygen atoms in total. The molecule has 0 unspecified atom stereocenters. The fourth-order valence-corrected chi connectivity index (χ4v) is 3.36. The Morgan fingerprint density at radius 2 is 1.32 bits per heavy atom. The molecular formula is C19H23ClN2. The van der Waals surface area contributed by atoms with Crippen molar-refractivity contribution in [2.45, 2.75) is 27.7 Å². The minimum Gasteiger partial charge on any atom is -1.00 e. The predicted octanol–water partition coefficient (Wildman–Crippen LogP) is 1.12. The van der Waals surface area contributed by atoms with Gasteiger partial charge in [-0.2, -0.15) is 0 Å². The molecule has 1 heterocycles. The van der Waals surface area contributed by atoms with E-state index < -0.39 is 0 Å². The quantitative estimate of drug-likeness (QED) is 0.753. The van der Waals surface area contributed by atoms with Crippen LogP contribution in [0.2, 0.25) is 0 Å². The zero-order valence-corrected chi connectivity index (χ0v) is 14.5. The van der Waals surface area contributed by atoms with Crippen molar-refractivity contribution < 1.29 is 17.0 Å². The summed E-state index contributed by atoms with van der Waals surface area (Å²) < 4.78 is 2.39. The Hall–Kier alpha value is -1.80. The largest absolute Gasteiger partial charge is 1.00 e. The molecule has 0 atom stereocenters. The minimum absolute atomic E-state index is 0. The summed E-state index contributed by atoms with van der Waals surface area (Å²) >= 11 is 0. The molecule has 0 radical (unpaired) electrons. The van der Waals surface area contributed by atoms with Gasteiger partial charge in [0.05, 0.1) is 0 Å². The third-order valence-electron chi connectivity index (χ3n) is 4.31. The van der Waals surface area contributed by atoms with Gasteiger partial charge in [0, 0.05) is 0 Å². The van der Waals surface area contributed by atoms with Crippen molar-refractivity contribution in [2.24, 2.45) is 0 Å². The van der Waals surface area contributed by atoms with Crippen molar-refractivity contribution in [2.75, 3.05) is 18.0 Å². The first-order valence-electron chi connectivity index (χ1n) is 7.58. The van der Waals surface area contributed by atoms with E-state index in [2.05, 4.69) is 79.9 Å². The summed E-state index contributed by atoms with van der Waals surface area (Å²) in [5.41, 5.74) is 8.07. The maximum absolute atomic E-state index is 2.39. The molecule has 2 aromatic rings. The average molecular weight is 315 g/mol. The Morgan fingerprint density at radius 1 is 0.818 bits per heavy atom. The van der Waals surface area contributed by atoms with E-state index in [4.69, 9.17) is 0 Å². The second-order valence-corrected chi connectivity index (χ2v) is 5.98. The molecule has 0 saturated carbocycles. The van der Waals surface area contributed by atoms with Crippen LogP contribution in [0, 0.1) is 27.7 Å². The van der Waals surface area contributed by atoms with Gasteiger partial charge in [-0.3, -0.25) is 0 Å². The van der Waals surface area contributed by atoms with Crippen LogP contribution < -0.4 is 17.3 Å². The fourth-order valence-electron chi connectivity index (χ4n) is 3.36. The van der Waals surface area contributed by atoms with Crippen molar-refractivity contribution in [1.82, 2.24) is 0 Å². The molecule has 3 heteroatoms. The maximum Gasteiger partial charge on any atom is 0.244 e. The zero-order chi connectivity index (χ0) is 15.0. The summed E-state index contributed by atoms with van der Waals surface area (Å²) in [5, 5.41) is 0. The summed E-state index contributed by atoms with van der Waals surface area (Å²) in [6, 6.07) is 13.0. The molecule has 1 aliphatic heterocycles. The van der Waals surface area contributed by atoms with Crippen molar-refractivity contribution >= 4 is 17.7 Å². The van der Waals surface area contributed by atoms with Crippen molar-refractivity contribution in [3.8, 4) is 0 Å². The molecule has 1 aliphatic rings. The van der Waals surface area contributed by atoms with Gasteiger partial charge >= 0.3 is 0 Å².